The van der Waals surface area contributed by atoms with Crippen LogP contribution in [0.5, 0.6) is 5.88 Å². The molecular formula is C49H61ClN9O7PS. The summed E-state index contributed by atoms with van der Waals surface area (Å²) in [5, 5.41) is 17.0. The van der Waals surface area contributed by atoms with Gasteiger partial charge in [-0.25, -0.2) is 0 Å². The number of hydrogen-bond donors (Lipinski definition) is 4. The summed E-state index contributed by atoms with van der Waals surface area (Å²) in [6.07, 6.45) is 7.98. The maximum atomic E-state index is 14.4. The number of amides is 1. The standard InChI is InChI=1S/C49H61ClN9O7PS/c1-49(2)17-13-36(41(30-49)34-5-7-37(50)8-6-34)32-56-19-21-57(22-20-56)38-9-11-40(43(28-38)58-23-24-66-48-45(58)27-35-14-18-51-46(35)53-48)47(60)54-68(64,65)39-10-12-42(44(29-39)59(61)62)52-31-33-15-25-67(63,26-16-33)55(3)4/h5-12,14,18,27-29,33,52,63,67H,13,15-17,19-26,30-32H2,1-4H3,(H,51,53)(H,54,60). The van der Waals surface area contributed by atoms with Gasteiger partial charge in [-0.15, -0.1) is 0 Å². The Balaban J connectivity index is 0.953. The van der Waals surface area contributed by atoms with E-state index in [9.17, 15) is 28.2 Å². The summed E-state index contributed by atoms with van der Waals surface area (Å²) in [7, 11) is -3.24. The molecule has 1 aliphatic carbocycles. The number of hydrogen-bond acceptors (Lipinski definition) is 13. The van der Waals surface area contributed by atoms with Gasteiger partial charge < -0.3 is 19.5 Å². The third-order valence-corrected chi connectivity index (χ3v) is 19.8. The molecule has 3 aromatic carbocycles. The Morgan fingerprint density at radius 3 is 2.49 bits per heavy atom. The number of rotatable bonds is 13. The molecule has 2 fully saturated rings. The first-order valence-electron chi connectivity index (χ1n) is 23.4. The molecule has 16 nitrogen and oxygen atoms in total. The summed E-state index contributed by atoms with van der Waals surface area (Å²) < 4.78 is 38.2. The molecule has 5 heterocycles. The van der Waals surface area contributed by atoms with E-state index in [1.165, 1.54) is 28.8 Å². The molecule has 2 aromatic heterocycles. The van der Waals surface area contributed by atoms with Crippen LogP contribution in [0.3, 0.4) is 0 Å². The van der Waals surface area contributed by atoms with Gasteiger partial charge in [0.1, 0.15) is 17.9 Å². The van der Waals surface area contributed by atoms with Crippen LogP contribution in [0.4, 0.5) is 28.4 Å². The number of halogens is 1. The van der Waals surface area contributed by atoms with Gasteiger partial charge in [0.05, 0.1) is 17.8 Å². The monoisotopic (exact) mass is 985 g/mol. The van der Waals surface area contributed by atoms with E-state index in [2.05, 4.69) is 50.8 Å². The molecule has 4 N–H and O–H groups in total. The number of nitro benzene ring substituents is 1. The van der Waals surface area contributed by atoms with Crippen LogP contribution in [-0.2, 0) is 10.0 Å². The van der Waals surface area contributed by atoms with Crippen molar-refractivity contribution in [3.8, 4) is 5.88 Å². The Labute approximate surface area is 403 Å². The number of piperazine rings is 1. The Hall–Kier alpha value is -5.29. The van der Waals surface area contributed by atoms with E-state index < -0.39 is 39.1 Å². The molecular weight excluding hydrogens is 925 g/mol. The molecule has 0 saturated carbocycles. The molecule has 68 heavy (non-hydrogen) atoms. The number of carbonyl (C=O) groups excluding carboxylic acids is 1. The van der Waals surface area contributed by atoms with Gasteiger partial charge in [-0.05, 0) is 78.3 Å². The maximum absolute atomic E-state index is 14.4. The molecule has 19 heteroatoms. The first-order valence-corrected chi connectivity index (χ1v) is 27.6. The molecule has 5 aromatic rings. The van der Waals surface area contributed by atoms with Crippen LogP contribution in [0.25, 0.3) is 16.6 Å². The fraction of sp³-hybridized carbons (Fsp3) is 0.429. The van der Waals surface area contributed by atoms with Gasteiger partial charge in [0.25, 0.3) is 0 Å². The number of ether oxygens (including phenoxy) is 1. The number of sulfonamides is 1. The van der Waals surface area contributed by atoms with Crippen molar-refractivity contribution in [2.75, 3.05) is 94.0 Å². The predicted molar refractivity (Wildman–Crippen MR) is 273 cm³/mol. The van der Waals surface area contributed by atoms with Crippen molar-refractivity contribution in [3.05, 3.63) is 111 Å². The number of H-pyrrole nitrogens is 1. The molecule has 4 aliphatic rings. The summed E-state index contributed by atoms with van der Waals surface area (Å²) in [5.74, 6) is -0.307. The van der Waals surface area contributed by atoms with Crippen molar-refractivity contribution in [1.82, 2.24) is 24.3 Å². The number of aromatic nitrogens is 2. The fourth-order valence-electron chi connectivity index (χ4n) is 10.1. The second-order valence-electron chi connectivity index (χ2n) is 19.7. The van der Waals surface area contributed by atoms with E-state index in [0.29, 0.717) is 48.3 Å². The molecule has 2 saturated heterocycles. The summed E-state index contributed by atoms with van der Waals surface area (Å²) >= 11 is 6.27. The summed E-state index contributed by atoms with van der Waals surface area (Å²) in [6.45, 7) is 9.77. The molecule has 0 spiro atoms. The van der Waals surface area contributed by atoms with Crippen molar-refractivity contribution in [1.29, 1.82) is 0 Å². The molecule has 0 bridgehead atoms. The number of nitrogens with one attached hydrogen (secondary N) is 3. The average molecular weight is 987 g/mol. The topological polar surface area (TPSA) is 190 Å². The number of nitro groups is 1. The van der Waals surface area contributed by atoms with Crippen LogP contribution in [0, 0.1) is 21.4 Å². The zero-order valence-corrected chi connectivity index (χ0v) is 41.6. The first-order chi connectivity index (χ1) is 32.4. The zero-order chi connectivity index (χ0) is 48.0. The number of pyridine rings is 1. The van der Waals surface area contributed by atoms with Crippen molar-refractivity contribution in [2.45, 2.75) is 50.8 Å². The van der Waals surface area contributed by atoms with Crippen molar-refractivity contribution < 1.29 is 27.8 Å². The summed E-state index contributed by atoms with van der Waals surface area (Å²) in [6, 6.07) is 21.1. The predicted octanol–water partition coefficient (Wildman–Crippen LogP) is 8.52. The van der Waals surface area contributed by atoms with Gasteiger partial charge in [0.2, 0.25) is 5.88 Å². The molecule has 362 valence electrons. The van der Waals surface area contributed by atoms with Gasteiger partial charge in [0, 0.05) is 55.0 Å². The number of benzene rings is 3. The average Bonchev–Trinajstić information content (AvgIpc) is 3.78. The second kappa shape index (κ2) is 19.2. The molecule has 3 aliphatic heterocycles. The number of allylic oxidation sites excluding steroid dienone is 1. The quantitative estimate of drug-likeness (QED) is 0.0500. The molecule has 9 rings (SSSR count). The minimum absolute atomic E-state index is 0.101. The van der Waals surface area contributed by atoms with Crippen LogP contribution in [0.1, 0.15) is 61.9 Å². The Kier molecular flexibility index (Phi) is 13.5. The number of fused-ring (bicyclic) bond motifs is 2. The van der Waals surface area contributed by atoms with Crippen molar-refractivity contribution >= 4 is 80.2 Å². The normalized spacial score (nSPS) is 20.2. The van der Waals surface area contributed by atoms with Crippen molar-refractivity contribution in [3.63, 3.8) is 0 Å². The van der Waals surface area contributed by atoms with Crippen molar-refractivity contribution in [2.24, 2.45) is 11.3 Å². The third kappa shape index (κ3) is 10.2. The fourth-order valence-corrected chi connectivity index (χ4v) is 14.1. The third-order valence-electron chi connectivity index (χ3n) is 14.4. The van der Waals surface area contributed by atoms with Crippen LogP contribution >= 0.6 is 19.2 Å². The van der Waals surface area contributed by atoms with E-state index in [0.717, 1.165) is 87.0 Å². The molecule has 0 atom stereocenters. The van der Waals surface area contributed by atoms with Gasteiger partial charge in [-0.3, -0.25) is 9.69 Å². The first kappa shape index (κ1) is 47.8. The Morgan fingerprint density at radius 1 is 1.01 bits per heavy atom. The number of aromatic amines is 1. The van der Waals surface area contributed by atoms with E-state index in [1.807, 2.05) is 60.1 Å². The number of anilines is 4. The Morgan fingerprint density at radius 2 is 1.76 bits per heavy atom. The minimum atomic E-state index is -4.59. The summed E-state index contributed by atoms with van der Waals surface area (Å²) in [4.78, 5) is 51.2. The van der Waals surface area contributed by atoms with Crippen LogP contribution in [0.15, 0.2) is 89.5 Å². The van der Waals surface area contributed by atoms with Gasteiger partial charge in [0.15, 0.2) is 0 Å². The second-order valence-corrected chi connectivity index (χ2v) is 25.7. The number of nitrogens with zero attached hydrogens (tertiary/aromatic N) is 6. The van der Waals surface area contributed by atoms with Gasteiger partial charge >= 0.3 is 153 Å². The molecule has 1 amide bonds. The SMILES string of the molecule is CN(C)[PH]1(O)CCC(CNc2ccc(S(=O)(=O)NC(=O)c3ccc(N4CCN(CC5=C(c6ccc(Cl)cc6)CC(C)(C)CC5)CC4)cc3N3CCOc4nc5[nH]ccc5cc43)cc2[N+](=O)[O-])CC1. The molecule has 0 radical (unpaired) electrons. The zero-order valence-electron chi connectivity index (χ0n) is 39.1. The van der Waals surface area contributed by atoms with Gasteiger partial charge in [-0.1, -0.05) is 43.2 Å². The van der Waals surface area contributed by atoms with E-state index in [-0.39, 0.29) is 29.2 Å². The van der Waals surface area contributed by atoms with E-state index in [4.69, 9.17) is 21.3 Å². The van der Waals surface area contributed by atoms with Crippen LogP contribution < -0.4 is 24.6 Å². The number of carbonyl (C=O) groups is 1. The summed E-state index contributed by atoms with van der Waals surface area (Å²) in [5.41, 5.74) is 6.83. The van der Waals surface area contributed by atoms with E-state index >= 15 is 0 Å². The van der Waals surface area contributed by atoms with Crippen LogP contribution in [-0.4, -0.2) is 123 Å². The van der Waals surface area contributed by atoms with Crippen LogP contribution in [0.2, 0.25) is 5.02 Å². The Bertz CT molecular complexity index is 2860. The van der Waals surface area contributed by atoms with Gasteiger partial charge in [-0.2, -0.15) is 4.98 Å². The molecule has 0 unspecified atom stereocenters. The van der Waals surface area contributed by atoms with E-state index in [1.54, 1.807) is 12.3 Å².